The molecule has 4 heteroatoms. The standard InChI is InChI=1S/C12H17N3O/c1-8-3-2-4-10(13)11(8)15-6-5-9(7-15)12(14)16/h2-4,9H,5-7,13H2,1H3,(H2,14,16). The number of nitrogens with two attached hydrogens (primary N) is 2. The first kappa shape index (κ1) is 10.8. The van der Waals surface area contributed by atoms with Crippen molar-refractivity contribution in [3.8, 4) is 0 Å². The predicted octanol–water partition coefficient (Wildman–Crippen LogP) is 0.889. The lowest BCUT2D eigenvalue weighted by Gasteiger charge is -2.22. The Labute approximate surface area is 95.2 Å². The van der Waals surface area contributed by atoms with Gasteiger partial charge in [-0.25, -0.2) is 0 Å². The van der Waals surface area contributed by atoms with Gasteiger partial charge in [-0.2, -0.15) is 0 Å². The van der Waals surface area contributed by atoms with Crippen molar-refractivity contribution in [3.05, 3.63) is 23.8 Å². The van der Waals surface area contributed by atoms with Crippen LogP contribution >= 0.6 is 0 Å². The minimum atomic E-state index is -0.213. The van der Waals surface area contributed by atoms with Crippen LogP contribution in [-0.2, 0) is 4.79 Å². The van der Waals surface area contributed by atoms with Crippen molar-refractivity contribution < 1.29 is 4.79 Å². The van der Waals surface area contributed by atoms with Gasteiger partial charge in [-0.15, -0.1) is 0 Å². The van der Waals surface area contributed by atoms with Gasteiger partial charge in [-0.1, -0.05) is 12.1 Å². The third kappa shape index (κ3) is 1.83. The first-order chi connectivity index (χ1) is 7.59. The molecule has 2 rings (SSSR count). The van der Waals surface area contributed by atoms with Crippen LogP contribution in [0.2, 0.25) is 0 Å². The van der Waals surface area contributed by atoms with E-state index in [1.54, 1.807) is 0 Å². The molecule has 4 N–H and O–H groups in total. The van der Waals surface area contributed by atoms with Gasteiger partial charge in [0.15, 0.2) is 0 Å². The molecule has 0 aromatic heterocycles. The van der Waals surface area contributed by atoms with Gasteiger partial charge in [-0.05, 0) is 25.0 Å². The molecule has 1 unspecified atom stereocenters. The second-order valence-electron chi connectivity index (χ2n) is 4.35. The topological polar surface area (TPSA) is 72.3 Å². The number of primary amides is 1. The number of nitrogen functional groups attached to an aromatic ring is 1. The summed E-state index contributed by atoms with van der Waals surface area (Å²) in [6.07, 6.45) is 0.823. The third-order valence-corrected chi connectivity index (χ3v) is 3.18. The van der Waals surface area contributed by atoms with Crippen LogP contribution < -0.4 is 16.4 Å². The summed E-state index contributed by atoms with van der Waals surface area (Å²) in [5, 5.41) is 0. The number of nitrogens with zero attached hydrogens (tertiary/aromatic N) is 1. The van der Waals surface area contributed by atoms with Gasteiger partial charge in [0.25, 0.3) is 0 Å². The lowest BCUT2D eigenvalue weighted by molar-refractivity contribution is -0.121. The summed E-state index contributed by atoms with van der Waals surface area (Å²) < 4.78 is 0. The van der Waals surface area contributed by atoms with Crippen LogP contribution in [0.4, 0.5) is 11.4 Å². The van der Waals surface area contributed by atoms with Gasteiger partial charge in [-0.3, -0.25) is 4.79 Å². The number of anilines is 2. The van der Waals surface area contributed by atoms with Gasteiger partial charge < -0.3 is 16.4 Å². The summed E-state index contributed by atoms with van der Waals surface area (Å²) in [4.78, 5) is 13.3. The van der Waals surface area contributed by atoms with Crippen LogP contribution in [0.15, 0.2) is 18.2 Å². The van der Waals surface area contributed by atoms with Crippen LogP contribution in [0.25, 0.3) is 0 Å². The van der Waals surface area contributed by atoms with Crippen LogP contribution in [0.1, 0.15) is 12.0 Å². The number of rotatable bonds is 2. The Hall–Kier alpha value is -1.71. The Morgan fingerprint density at radius 3 is 2.81 bits per heavy atom. The largest absolute Gasteiger partial charge is 0.397 e. The summed E-state index contributed by atoms with van der Waals surface area (Å²) in [6, 6.07) is 5.86. The molecule has 1 heterocycles. The van der Waals surface area contributed by atoms with Gasteiger partial charge in [0, 0.05) is 13.1 Å². The smallest absolute Gasteiger partial charge is 0.222 e. The van der Waals surface area contributed by atoms with Crippen LogP contribution in [-0.4, -0.2) is 19.0 Å². The first-order valence-corrected chi connectivity index (χ1v) is 5.49. The highest BCUT2D eigenvalue weighted by Crippen LogP contribution is 2.31. The van der Waals surface area contributed by atoms with Crippen molar-refractivity contribution >= 4 is 17.3 Å². The minimum Gasteiger partial charge on any atom is -0.397 e. The zero-order valence-electron chi connectivity index (χ0n) is 9.44. The first-order valence-electron chi connectivity index (χ1n) is 5.49. The summed E-state index contributed by atoms with van der Waals surface area (Å²) in [5.74, 6) is -0.256. The van der Waals surface area contributed by atoms with E-state index in [9.17, 15) is 4.79 Å². The number of carbonyl (C=O) groups is 1. The molecular weight excluding hydrogens is 202 g/mol. The van der Waals surface area contributed by atoms with E-state index in [4.69, 9.17) is 11.5 Å². The summed E-state index contributed by atoms with van der Waals surface area (Å²) >= 11 is 0. The molecule has 4 nitrogen and oxygen atoms in total. The molecule has 0 saturated carbocycles. The molecule has 1 aliphatic rings. The van der Waals surface area contributed by atoms with E-state index in [2.05, 4.69) is 4.90 Å². The molecule has 0 bridgehead atoms. The maximum Gasteiger partial charge on any atom is 0.222 e. The van der Waals surface area contributed by atoms with Crippen LogP contribution in [0, 0.1) is 12.8 Å². The predicted molar refractivity (Wildman–Crippen MR) is 65.1 cm³/mol. The van der Waals surface area contributed by atoms with Crippen molar-refractivity contribution in [1.29, 1.82) is 0 Å². The molecule has 0 radical (unpaired) electrons. The van der Waals surface area contributed by atoms with E-state index in [1.165, 1.54) is 0 Å². The van der Waals surface area contributed by atoms with E-state index >= 15 is 0 Å². The molecule has 1 fully saturated rings. The van der Waals surface area contributed by atoms with Gasteiger partial charge in [0.2, 0.25) is 5.91 Å². The monoisotopic (exact) mass is 219 g/mol. The highest BCUT2D eigenvalue weighted by Gasteiger charge is 2.28. The summed E-state index contributed by atoms with van der Waals surface area (Å²) in [7, 11) is 0. The number of hydrogen-bond acceptors (Lipinski definition) is 3. The zero-order valence-corrected chi connectivity index (χ0v) is 9.44. The molecule has 1 atom stereocenters. The van der Waals surface area contributed by atoms with Crippen molar-refractivity contribution in [3.63, 3.8) is 0 Å². The fourth-order valence-corrected chi connectivity index (χ4v) is 2.31. The van der Waals surface area contributed by atoms with Gasteiger partial charge in [0.1, 0.15) is 0 Å². The van der Waals surface area contributed by atoms with E-state index < -0.39 is 0 Å². The van der Waals surface area contributed by atoms with Gasteiger partial charge >= 0.3 is 0 Å². The van der Waals surface area contributed by atoms with Crippen LogP contribution in [0.3, 0.4) is 0 Å². The fourth-order valence-electron chi connectivity index (χ4n) is 2.31. The fraction of sp³-hybridized carbons (Fsp3) is 0.417. The van der Waals surface area contributed by atoms with E-state index in [-0.39, 0.29) is 11.8 Å². The molecule has 1 aliphatic heterocycles. The normalized spacial score (nSPS) is 20.1. The maximum atomic E-state index is 11.1. The Kier molecular flexibility index (Phi) is 2.73. The highest BCUT2D eigenvalue weighted by atomic mass is 16.1. The van der Waals surface area contributed by atoms with Crippen molar-refractivity contribution in [2.45, 2.75) is 13.3 Å². The van der Waals surface area contributed by atoms with Crippen molar-refractivity contribution in [2.24, 2.45) is 11.7 Å². The van der Waals surface area contributed by atoms with Crippen LogP contribution in [0.5, 0.6) is 0 Å². The average Bonchev–Trinajstić information content (AvgIpc) is 2.66. The lowest BCUT2D eigenvalue weighted by Crippen LogP contribution is -2.28. The molecule has 16 heavy (non-hydrogen) atoms. The van der Waals surface area contributed by atoms with Crippen molar-refractivity contribution in [2.75, 3.05) is 23.7 Å². The summed E-state index contributed by atoms with van der Waals surface area (Å²) in [6.45, 7) is 3.57. The summed E-state index contributed by atoms with van der Waals surface area (Å²) in [5.41, 5.74) is 14.2. The third-order valence-electron chi connectivity index (χ3n) is 3.18. The molecule has 0 aliphatic carbocycles. The second-order valence-corrected chi connectivity index (χ2v) is 4.35. The van der Waals surface area contributed by atoms with E-state index in [1.807, 2.05) is 25.1 Å². The molecular formula is C12H17N3O. The van der Waals surface area contributed by atoms with E-state index in [0.29, 0.717) is 6.54 Å². The zero-order chi connectivity index (χ0) is 11.7. The molecule has 0 spiro atoms. The molecule has 1 saturated heterocycles. The Bertz CT molecular complexity index is 396. The SMILES string of the molecule is Cc1cccc(N)c1N1CCC(C(N)=O)C1. The van der Waals surface area contributed by atoms with E-state index in [0.717, 1.165) is 29.9 Å². The number of para-hydroxylation sites is 1. The Morgan fingerprint density at radius 1 is 1.50 bits per heavy atom. The number of amides is 1. The molecule has 1 aromatic rings. The molecule has 1 aromatic carbocycles. The minimum absolute atomic E-state index is 0.0426. The molecule has 1 amide bonds. The lowest BCUT2D eigenvalue weighted by atomic mass is 10.1. The second kappa shape index (κ2) is 4.04. The quantitative estimate of drug-likeness (QED) is 0.725. The number of aryl methyl sites for hydroxylation is 1. The highest BCUT2D eigenvalue weighted by molar-refractivity contribution is 5.79. The number of benzene rings is 1. The van der Waals surface area contributed by atoms with Crippen molar-refractivity contribution in [1.82, 2.24) is 0 Å². The molecule has 86 valence electrons. The Morgan fingerprint density at radius 2 is 2.25 bits per heavy atom. The average molecular weight is 219 g/mol. The Balaban J connectivity index is 2.24. The van der Waals surface area contributed by atoms with Gasteiger partial charge in [0.05, 0.1) is 17.3 Å². The maximum absolute atomic E-state index is 11.1. The number of hydrogen-bond donors (Lipinski definition) is 2. The number of carbonyl (C=O) groups excluding carboxylic acids is 1.